The SMILES string of the molecule is C=C(C)CN(CC)S(=O)(=O)c1c(C)oc(C)c1C(=O)O. The highest BCUT2D eigenvalue weighted by Crippen LogP contribution is 2.29. The first kappa shape index (κ1) is 16.5. The molecule has 0 aromatic carbocycles. The van der Waals surface area contributed by atoms with Crippen LogP contribution in [0.15, 0.2) is 21.5 Å². The molecule has 1 aromatic rings. The quantitative estimate of drug-likeness (QED) is 0.814. The van der Waals surface area contributed by atoms with Gasteiger partial charge in [0.1, 0.15) is 22.0 Å². The van der Waals surface area contributed by atoms with Crippen molar-refractivity contribution in [2.45, 2.75) is 32.6 Å². The van der Waals surface area contributed by atoms with Crippen LogP contribution >= 0.6 is 0 Å². The number of aryl methyl sites for hydroxylation is 2. The summed E-state index contributed by atoms with van der Waals surface area (Å²) in [6, 6.07) is 0. The lowest BCUT2D eigenvalue weighted by atomic mass is 10.2. The summed E-state index contributed by atoms with van der Waals surface area (Å²) in [7, 11) is -3.93. The third-order valence-corrected chi connectivity index (χ3v) is 4.89. The molecule has 1 aromatic heterocycles. The molecule has 0 bridgehead atoms. The molecule has 112 valence electrons. The van der Waals surface area contributed by atoms with Gasteiger partial charge in [-0.15, -0.1) is 0 Å². The lowest BCUT2D eigenvalue weighted by Gasteiger charge is -2.20. The Morgan fingerprint density at radius 3 is 2.30 bits per heavy atom. The number of carboxylic acids is 1. The third kappa shape index (κ3) is 2.94. The summed E-state index contributed by atoms with van der Waals surface area (Å²) in [5.74, 6) is -1.15. The van der Waals surface area contributed by atoms with Gasteiger partial charge in [0.2, 0.25) is 10.0 Å². The predicted molar refractivity (Wildman–Crippen MR) is 74.4 cm³/mol. The Bertz CT molecular complexity index is 642. The minimum atomic E-state index is -3.93. The summed E-state index contributed by atoms with van der Waals surface area (Å²) in [6.07, 6.45) is 0. The van der Waals surface area contributed by atoms with Crippen molar-refractivity contribution in [3.63, 3.8) is 0 Å². The molecule has 0 amide bonds. The van der Waals surface area contributed by atoms with Crippen LogP contribution in [0.1, 0.15) is 35.7 Å². The first-order valence-corrected chi connectivity index (χ1v) is 7.54. The molecule has 0 saturated heterocycles. The zero-order valence-corrected chi connectivity index (χ0v) is 12.9. The van der Waals surface area contributed by atoms with Gasteiger partial charge >= 0.3 is 5.97 Å². The molecular formula is C13H19NO5S. The molecule has 20 heavy (non-hydrogen) atoms. The minimum absolute atomic E-state index is 0.0833. The molecular weight excluding hydrogens is 282 g/mol. The van der Waals surface area contributed by atoms with Crippen LogP contribution in [0.3, 0.4) is 0 Å². The van der Waals surface area contributed by atoms with Gasteiger partial charge in [-0.2, -0.15) is 4.31 Å². The molecule has 1 heterocycles. The number of hydrogen-bond acceptors (Lipinski definition) is 4. The van der Waals surface area contributed by atoms with E-state index in [-0.39, 0.29) is 35.1 Å². The number of furan rings is 1. The number of likely N-dealkylation sites (N-methyl/N-ethyl adjacent to an activating group) is 1. The van der Waals surface area contributed by atoms with Gasteiger partial charge in [-0.3, -0.25) is 0 Å². The maximum atomic E-state index is 12.6. The second kappa shape index (κ2) is 5.80. The van der Waals surface area contributed by atoms with Crippen LogP contribution in [0.5, 0.6) is 0 Å². The maximum Gasteiger partial charge on any atom is 0.340 e. The largest absolute Gasteiger partial charge is 0.478 e. The molecule has 0 aliphatic carbocycles. The third-order valence-electron chi connectivity index (χ3n) is 2.82. The number of nitrogens with zero attached hydrogens (tertiary/aromatic N) is 1. The van der Waals surface area contributed by atoms with E-state index in [0.29, 0.717) is 5.57 Å². The Kier molecular flexibility index (Phi) is 4.77. The molecule has 1 rings (SSSR count). The fraction of sp³-hybridized carbons (Fsp3) is 0.462. The zero-order valence-electron chi connectivity index (χ0n) is 12.1. The fourth-order valence-corrected chi connectivity index (χ4v) is 3.90. The molecule has 0 aliphatic rings. The van der Waals surface area contributed by atoms with Gasteiger partial charge in [0.15, 0.2) is 0 Å². The van der Waals surface area contributed by atoms with Crippen molar-refractivity contribution in [1.29, 1.82) is 0 Å². The second-order valence-electron chi connectivity index (χ2n) is 4.61. The van der Waals surface area contributed by atoms with Gasteiger partial charge < -0.3 is 9.52 Å². The maximum absolute atomic E-state index is 12.6. The Hall–Kier alpha value is -1.60. The van der Waals surface area contributed by atoms with E-state index in [2.05, 4.69) is 6.58 Å². The summed E-state index contributed by atoms with van der Waals surface area (Å²) >= 11 is 0. The smallest absolute Gasteiger partial charge is 0.340 e. The minimum Gasteiger partial charge on any atom is -0.478 e. The normalized spacial score (nSPS) is 11.8. The van der Waals surface area contributed by atoms with Crippen molar-refractivity contribution < 1.29 is 22.7 Å². The summed E-state index contributed by atoms with van der Waals surface area (Å²) in [5.41, 5.74) is 0.368. The van der Waals surface area contributed by atoms with Gasteiger partial charge in [0.05, 0.1) is 0 Å². The van der Waals surface area contributed by atoms with Crippen molar-refractivity contribution in [3.8, 4) is 0 Å². The van der Waals surface area contributed by atoms with Crippen molar-refractivity contribution in [2.24, 2.45) is 0 Å². The highest BCUT2D eigenvalue weighted by molar-refractivity contribution is 7.89. The zero-order chi connectivity index (χ0) is 15.7. The highest BCUT2D eigenvalue weighted by Gasteiger charge is 2.34. The molecule has 7 heteroatoms. The van der Waals surface area contributed by atoms with Crippen LogP contribution in [-0.4, -0.2) is 36.9 Å². The molecule has 0 aliphatic heterocycles. The Morgan fingerprint density at radius 1 is 1.35 bits per heavy atom. The van der Waals surface area contributed by atoms with Crippen LogP contribution in [0.2, 0.25) is 0 Å². The summed E-state index contributed by atoms with van der Waals surface area (Å²) in [4.78, 5) is 11.0. The molecule has 0 fully saturated rings. The van der Waals surface area contributed by atoms with E-state index in [1.165, 1.54) is 18.2 Å². The summed E-state index contributed by atoms with van der Waals surface area (Å²) in [5, 5.41) is 9.20. The molecule has 0 spiro atoms. The van der Waals surface area contributed by atoms with Gasteiger partial charge in [0, 0.05) is 13.1 Å². The lowest BCUT2D eigenvalue weighted by molar-refractivity contribution is 0.0691. The fourth-order valence-electron chi connectivity index (χ4n) is 2.02. The topological polar surface area (TPSA) is 87.8 Å². The predicted octanol–water partition coefficient (Wildman–Crippen LogP) is 2.18. The highest BCUT2D eigenvalue weighted by atomic mass is 32.2. The van der Waals surface area contributed by atoms with Crippen molar-refractivity contribution in [3.05, 3.63) is 29.2 Å². The molecule has 0 radical (unpaired) electrons. The van der Waals surface area contributed by atoms with E-state index in [1.807, 2.05) is 0 Å². The van der Waals surface area contributed by atoms with E-state index >= 15 is 0 Å². The van der Waals surface area contributed by atoms with Crippen molar-refractivity contribution >= 4 is 16.0 Å². The Morgan fingerprint density at radius 2 is 1.90 bits per heavy atom. The van der Waals surface area contributed by atoms with Crippen molar-refractivity contribution in [2.75, 3.05) is 13.1 Å². The lowest BCUT2D eigenvalue weighted by Crippen LogP contribution is -2.33. The van der Waals surface area contributed by atoms with Gasteiger partial charge in [-0.05, 0) is 20.8 Å². The average molecular weight is 301 g/mol. The Balaban J connectivity index is 3.49. The van der Waals surface area contributed by atoms with Crippen LogP contribution in [0, 0.1) is 13.8 Å². The van der Waals surface area contributed by atoms with E-state index in [1.54, 1.807) is 13.8 Å². The summed E-state index contributed by atoms with van der Waals surface area (Å²) < 4.78 is 31.6. The number of hydrogen-bond donors (Lipinski definition) is 1. The van der Waals surface area contributed by atoms with E-state index in [4.69, 9.17) is 4.42 Å². The van der Waals surface area contributed by atoms with E-state index < -0.39 is 16.0 Å². The molecule has 1 N–H and O–H groups in total. The number of carbonyl (C=O) groups is 1. The molecule has 0 unspecified atom stereocenters. The second-order valence-corrected chi connectivity index (χ2v) is 6.49. The standard InChI is InChI=1S/C13H19NO5S/c1-6-14(7-8(2)3)20(17,18)12-10(5)19-9(4)11(12)13(15)16/h2,6-7H2,1,3-5H3,(H,15,16). The van der Waals surface area contributed by atoms with Gasteiger partial charge in [-0.25, -0.2) is 13.2 Å². The average Bonchev–Trinajstić information content (AvgIpc) is 2.61. The number of aromatic carboxylic acids is 1. The molecule has 0 saturated carbocycles. The van der Waals surface area contributed by atoms with Crippen LogP contribution < -0.4 is 0 Å². The molecule has 0 atom stereocenters. The number of carboxylic acid groups (broad SMARTS) is 1. The monoisotopic (exact) mass is 301 g/mol. The van der Waals surface area contributed by atoms with E-state index in [0.717, 1.165) is 0 Å². The van der Waals surface area contributed by atoms with Gasteiger partial charge in [0.25, 0.3) is 0 Å². The summed E-state index contributed by atoms with van der Waals surface area (Å²) in [6.45, 7) is 10.3. The first-order chi connectivity index (χ1) is 9.12. The number of rotatable bonds is 6. The van der Waals surface area contributed by atoms with Crippen molar-refractivity contribution in [1.82, 2.24) is 4.31 Å². The van der Waals surface area contributed by atoms with Crippen LogP contribution in [-0.2, 0) is 10.0 Å². The van der Waals surface area contributed by atoms with E-state index in [9.17, 15) is 18.3 Å². The van der Waals surface area contributed by atoms with Crippen LogP contribution in [0.4, 0.5) is 0 Å². The number of sulfonamides is 1. The van der Waals surface area contributed by atoms with Crippen LogP contribution in [0.25, 0.3) is 0 Å². The molecule has 6 nitrogen and oxygen atoms in total. The first-order valence-electron chi connectivity index (χ1n) is 6.10. The van der Waals surface area contributed by atoms with Gasteiger partial charge in [-0.1, -0.05) is 19.1 Å². The Labute approximate surface area is 118 Å².